The van der Waals surface area contributed by atoms with Gasteiger partial charge in [-0.3, -0.25) is 0 Å². The molecule has 18 heavy (non-hydrogen) atoms. The van der Waals surface area contributed by atoms with Gasteiger partial charge in [0.2, 0.25) is 0 Å². The molecule has 0 amide bonds. The van der Waals surface area contributed by atoms with E-state index >= 15 is 0 Å². The van der Waals surface area contributed by atoms with Gasteiger partial charge < -0.3 is 10.0 Å². The Hall–Kier alpha value is -0.0800. The van der Waals surface area contributed by atoms with Crippen LogP contribution in [-0.4, -0.2) is 35.2 Å². The number of hydrogen-bond acceptors (Lipinski definition) is 2. The predicted molar refractivity (Wildman–Crippen MR) is 83.1 cm³/mol. The van der Waals surface area contributed by atoms with E-state index in [1.54, 1.807) is 0 Å². The van der Waals surface area contributed by atoms with Gasteiger partial charge in [0.05, 0.1) is 5.60 Å². The minimum absolute atomic E-state index is 0.448. The lowest BCUT2D eigenvalue weighted by atomic mass is 10.0. The van der Waals surface area contributed by atoms with Crippen molar-refractivity contribution in [2.45, 2.75) is 79.8 Å². The smallest absolute Gasteiger partial charge is 0.0591 e. The average Bonchev–Trinajstić information content (AvgIpc) is 2.75. The molecule has 0 saturated carbocycles. The Bertz CT molecular complexity index is 163. The molecule has 112 valence electrons. The monoisotopic (exact) mass is 259 g/mol. The summed E-state index contributed by atoms with van der Waals surface area (Å²) in [4.78, 5) is 2.50. The van der Waals surface area contributed by atoms with E-state index in [0.717, 1.165) is 18.8 Å². The van der Waals surface area contributed by atoms with E-state index in [9.17, 15) is 0 Å². The molecule has 1 saturated heterocycles. The number of hydrogen-bond donors (Lipinski definition) is 1. The van der Waals surface area contributed by atoms with Crippen molar-refractivity contribution in [2.75, 3.05) is 19.6 Å². The highest BCUT2D eigenvalue weighted by Gasteiger charge is 2.15. The zero-order chi connectivity index (χ0) is 14.6. The molecular formula is C16H37NO. The Morgan fingerprint density at radius 3 is 1.94 bits per heavy atom. The normalized spacial score (nSPS) is 19.7. The second-order valence-electron chi connectivity index (χ2n) is 5.70. The highest BCUT2D eigenvalue weighted by atomic mass is 16.3. The summed E-state index contributed by atoms with van der Waals surface area (Å²) in [5.41, 5.74) is -0.448. The first-order chi connectivity index (χ1) is 8.39. The summed E-state index contributed by atoms with van der Waals surface area (Å²) in [7, 11) is 0. The van der Waals surface area contributed by atoms with Gasteiger partial charge in [0.15, 0.2) is 0 Å². The van der Waals surface area contributed by atoms with Crippen LogP contribution in [0.2, 0.25) is 0 Å². The molecule has 0 aliphatic carbocycles. The van der Waals surface area contributed by atoms with Crippen LogP contribution in [0.5, 0.6) is 0 Å². The van der Waals surface area contributed by atoms with Crippen LogP contribution >= 0.6 is 0 Å². The van der Waals surface area contributed by atoms with Crippen LogP contribution < -0.4 is 0 Å². The van der Waals surface area contributed by atoms with Crippen molar-refractivity contribution in [1.29, 1.82) is 0 Å². The van der Waals surface area contributed by atoms with Crippen LogP contribution in [0.4, 0.5) is 0 Å². The molecule has 0 bridgehead atoms. The van der Waals surface area contributed by atoms with Crippen LogP contribution in [0.1, 0.15) is 74.1 Å². The largest absolute Gasteiger partial charge is 0.390 e. The van der Waals surface area contributed by atoms with Gasteiger partial charge in [-0.25, -0.2) is 0 Å². The molecule has 0 aromatic heterocycles. The molecule has 1 unspecified atom stereocenters. The fourth-order valence-corrected chi connectivity index (χ4v) is 1.92. The molecule has 2 heteroatoms. The van der Waals surface area contributed by atoms with Crippen molar-refractivity contribution in [2.24, 2.45) is 5.92 Å². The van der Waals surface area contributed by atoms with Gasteiger partial charge in [-0.1, -0.05) is 47.5 Å². The van der Waals surface area contributed by atoms with Crippen LogP contribution in [0.15, 0.2) is 0 Å². The maximum Gasteiger partial charge on any atom is 0.0591 e. The first kappa shape index (κ1) is 20.2. The first-order valence-corrected chi connectivity index (χ1v) is 7.83. The molecule has 1 atom stereocenters. The first-order valence-electron chi connectivity index (χ1n) is 7.83. The van der Waals surface area contributed by atoms with Crippen LogP contribution in [0.25, 0.3) is 0 Å². The molecule has 1 aliphatic heterocycles. The van der Waals surface area contributed by atoms with Gasteiger partial charge in [-0.2, -0.15) is 0 Å². The zero-order valence-electron chi connectivity index (χ0n) is 13.9. The maximum absolute atomic E-state index is 9.15. The lowest BCUT2D eigenvalue weighted by Crippen LogP contribution is -2.18. The topological polar surface area (TPSA) is 23.5 Å². The van der Waals surface area contributed by atoms with Gasteiger partial charge in [0.25, 0.3) is 0 Å². The van der Waals surface area contributed by atoms with Crippen LogP contribution in [0, 0.1) is 5.92 Å². The van der Waals surface area contributed by atoms with Crippen molar-refractivity contribution in [3.8, 4) is 0 Å². The third-order valence-electron chi connectivity index (χ3n) is 3.10. The molecular weight excluding hydrogens is 222 g/mol. The molecule has 0 spiro atoms. The highest BCUT2D eigenvalue weighted by Crippen LogP contribution is 2.13. The summed E-state index contributed by atoms with van der Waals surface area (Å²) < 4.78 is 0. The summed E-state index contributed by atoms with van der Waals surface area (Å²) >= 11 is 0. The molecule has 0 aromatic carbocycles. The van der Waals surface area contributed by atoms with Gasteiger partial charge in [0, 0.05) is 6.54 Å². The van der Waals surface area contributed by atoms with Gasteiger partial charge in [-0.15, -0.1) is 0 Å². The SMILES string of the molecule is CC.CCCCC(C)(C)O.CCN1CCC(C)C1. The zero-order valence-corrected chi connectivity index (χ0v) is 13.9. The van der Waals surface area contributed by atoms with Crippen molar-refractivity contribution in [3.05, 3.63) is 0 Å². The molecule has 2 nitrogen and oxygen atoms in total. The van der Waals surface area contributed by atoms with Gasteiger partial charge in [-0.05, 0) is 45.7 Å². The van der Waals surface area contributed by atoms with Crippen molar-refractivity contribution in [3.63, 3.8) is 0 Å². The van der Waals surface area contributed by atoms with Crippen molar-refractivity contribution >= 4 is 0 Å². The number of rotatable bonds is 4. The van der Waals surface area contributed by atoms with E-state index in [-0.39, 0.29) is 0 Å². The Labute approximate surface area is 116 Å². The van der Waals surface area contributed by atoms with E-state index in [0.29, 0.717) is 0 Å². The number of likely N-dealkylation sites (tertiary alicyclic amines) is 1. The van der Waals surface area contributed by atoms with E-state index in [1.165, 1.54) is 32.5 Å². The standard InChI is InChI=1S/C7H15N.C7H16O.C2H6/c1-3-8-5-4-7(2)6-8;1-4-5-6-7(2,3)8;1-2/h7H,3-6H2,1-2H3;8H,4-6H2,1-3H3;1-2H3. The lowest BCUT2D eigenvalue weighted by Gasteiger charge is -2.15. The second kappa shape index (κ2) is 12.0. The molecule has 1 N–H and O–H groups in total. The lowest BCUT2D eigenvalue weighted by molar-refractivity contribution is 0.0686. The summed E-state index contributed by atoms with van der Waals surface area (Å²) in [5, 5.41) is 9.15. The van der Waals surface area contributed by atoms with E-state index in [4.69, 9.17) is 5.11 Å². The molecule has 1 heterocycles. The van der Waals surface area contributed by atoms with Crippen molar-refractivity contribution in [1.82, 2.24) is 4.90 Å². The fraction of sp³-hybridized carbons (Fsp3) is 1.00. The minimum atomic E-state index is -0.448. The van der Waals surface area contributed by atoms with Gasteiger partial charge in [0.1, 0.15) is 0 Å². The van der Waals surface area contributed by atoms with Gasteiger partial charge >= 0.3 is 0 Å². The van der Waals surface area contributed by atoms with Crippen LogP contribution in [0.3, 0.4) is 0 Å². The Kier molecular flexibility index (Phi) is 13.5. The molecule has 1 rings (SSSR count). The van der Waals surface area contributed by atoms with E-state index in [2.05, 4.69) is 25.7 Å². The maximum atomic E-state index is 9.15. The third-order valence-corrected chi connectivity index (χ3v) is 3.10. The van der Waals surface area contributed by atoms with Crippen LogP contribution in [-0.2, 0) is 0 Å². The molecule has 0 aromatic rings. The molecule has 1 fully saturated rings. The number of nitrogens with zero attached hydrogens (tertiary/aromatic N) is 1. The summed E-state index contributed by atoms with van der Waals surface area (Å²) in [5.74, 6) is 0.954. The number of unbranched alkanes of at least 4 members (excludes halogenated alkanes) is 1. The molecule has 0 radical (unpaired) electrons. The Morgan fingerprint density at radius 1 is 1.22 bits per heavy atom. The quantitative estimate of drug-likeness (QED) is 0.812. The summed E-state index contributed by atoms with van der Waals surface area (Å²) in [6.45, 7) is 18.3. The summed E-state index contributed by atoms with van der Waals surface area (Å²) in [6, 6.07) is 0. The minimum Gasteiger partial charge on any atom is -0.390 e. The van der Waals surface area contributed by atoms with Crippen molar-refractivity contribution < 1.29 is 5.11 Å². The Balaban J connectivity index is 0. The third kappa shape index (κ3) is 14.0. The average molecular weight is 259 g/mol. The number of aliphatic hydroxyl groups is 1. The predicted octanol–water partition coefficient (Wildman–Crippen LogP) is 4.32. The summed E-state index contributed by atoms with van der Waals surface area (Å²) in [6.07, 6.45) is 4.63. The fourth-order valence-electron chi connectivity index (χ4n) is 1.92. The Morgan fingerprint density at radius 2 is 1.78 bits per heavy atom. The van der Waals surface area contributed by atoms with E-state index in [1.807, 2.05) is 27.7 Å². The highest BCUT2D eigenvalue weighted by molar-refractivity contribution is 4.70. The van der Waals surface area contributed by atoms with E-state index < -0.39 is 5.60 Å². The molecule has 1 aliphatic rings. The second-order valence-corrected chi connectivity index (χ2v) is 5.70.